The number of hydrazone groups is 1. The van der Waals surface area contributed by atoms with Gasteiger partial charge in [0.15, 0.2) is 5.92 Å². The second kappa shape index (κ2) is 10.4. The highest BCUT2D eigenvalue weighted by Crippen LogP contribution is 2.24. The minimum Gasteiger partial charge on any atom is -0.497 e. The fraction of sp³-hybridized carbons (Fsp3) is 0.217. The van der Waals surface area contributed by atoms with Gasteiger partial charge in [-0.3, -0.25) is 24.5 Å². The van der Waals surface area contributed by atoms with Crippen LogP contribution in [0.25, 0.3) is 0 Å². The van der Waals surface area contributed by atoms with Gasteiger partial charge in [0.05, 0.1) is 12.8 Å². The first-order valence-electron chi connectivity index (χ1n) is 10.3. The van der Waals surface area contributed by atoms with E-state index in [-0.39, 0.29) is 23.1 Å². The van der Waals surface area contributed by atoms with Crippen LogP contribution in [0.2, 0.25) is 0 Å². The first kappa shape index (κ1) is 24.1. The summed E-state index contributed by atoms with van der Waals surface area (Å²) in [4.78, 5) is 62.1. The topological polar surface area (TPSA) is 146 Å². The average molecular weight is 465 g/mol. The minimum absolute atomic E-state index is 0.154. The molecule has 6 amide bonds. The Hall–Kier alpha value is -4.54. The van der Waals surface area contributed by atoms with Crippen LogP contribution in [0.3, 0.4) is 0 Å². The molecular formula is C23H23N5O6. The number of nitrogens with one attached hydrogen (secondary N) is 3. The van der Waals surface area contributed by atoms with E-state index in [1.807, 2.05) is 0 Å². The van der Waals surface area contributed by atoms with Gasteiger partial charge in [-0.15, -0.1) is 0 Å². The summed E-state index contributed by atoms with van der Waals surface area (Å²) >= 11 is 0. The number of methoxy groups -OCH3 is 1. The number of imide groups is 2. The zero-order valence-electron chi connectivity index (χ0n) is 18.7. The standard InChI is InChI=1S/C23H23N5O6/c1-13(2)19(29)25-15-9-7-14(8-10-15)20(30)27-24-12-18-21(31)26-23(33)28(22(18)32)16-5-4-6-17(11-16)34-3/h4-13,18H,1-3H3,(H,25,29)(H,27,30)(H,26,31,33)/b24-12-/t18-/m0/s1. The Balaban J connectivity index is 1.67. The summed E-state index contributed by atoms with van der Waals surface area (Å²) in [5.41, 5.74) is 3.22. The number of rotatable bonds is 7. The molecule has 1 heterocycles. The van der Waals surface area contributed by atoms with E-state index in [4.69, 9.17) is 4.74 Å². The molecule has 1 aliphatic rings. The number of urea groups is 1. The van der Waals surface area contributed by atoms with Gasteiger partial charge >= 0.3 is 6.03 Å². The van der Waals surface area contributed by atoms with Crippen molar-refractivity contribution in [1.29, 1.82) is 0 Å². The molecular weight excluding hydrogens is 442 g/mol. The smallest absolute Gasteiger partial charge is 0.335 e. The molecule has 0 unspecified atom stereocenters. The summed E-state index contributed by atoms with van der Waals surface area (Å²) in [5, 5.41) is 8.52. The third-order valence-electron chi connectivity index (χ3n) is 4.84. The summed E-state index contributed by atoms with van der Waals surface area (Å²) in [5.74, 6) is -3.64. The highest BCUT2D eigenvalue weighted by Gasteiger charge is 2.40. The second-order valence-electron chi connectivity index (χ2n) is 7.59. The molecule has 1 atom stereocenters. The molecule has 3 rings (SSSR count). The zero-order chi connectivity index (χ0) is 24.8. The Kier molecular flexibility index (Phi) is 7.36. The normalized spacial score (nSPS) is 15.9. The molecule has 0 aromatic heterocycles. The predicted octanol–water partition coefficient (Wildman–Crippen LogP) is 1.90. The number of carbonyl (C=O) groups is 5. The molecule has 1 fully saturated rings. The van der Waals surface area contributed by atoms with Crippen molar-refractivity contribution in [3.8, 4) is 5.75 Å². The average Bonchev–Trinajstić information content (AvgIpc) is 2.81. The quantitative estimate of drug-likeness (QED) is 0.323. The van der Waals surface area contributed by atoms with Gasteiger partial charge < -0.3 is 10.1 Å². The molecule has 2 aromatic carbocycles. The Morgan fingerprint density at radius 3 is 2.47 bits per heavy atom. The molecule has 176 valence electrons. The number of amides is 6. The molecule has 2 aromatic rings. The van der Waals surface area contributed by atoms with Crippen LogP contribution in [-0.2, 0) is 14.4 Å². The van der Waals surface area contributed by atoms with Gasteiger partial charge in [0, 0.05) is 29.4 Å². The van der Waals surface area contributed by atoms with E-state index in [2.05, 4.69) is 21.2 Å². The Morgan fingerprint density at radius 2 is 1.82 bits per heavy atom. The predicted molar refractivity (Wildman–Crippen MR) is 123 cm³/mol. The Morgan fingerprint density at radius 1 is 1.12 bits per heavy atom. The summed E-state index contributed by atoms with van der Waals surface area (Å²) < 4.78 is 5.10. The molecule has 34 heavy (non-hydrogen) atoms. The maximum Gasteiger partial charge on any atom is 0.335 e. The zero-order valence-corrected chi connectivity index (χ0v) is 18.7. The van der Waals surface area contributed by atoms with Crippen molar-refractivity contribution in [3.05, 3.63) is 54.1 Å². The van der Waals surface area contributed by atoms with Crippen LogP contribution in [0.5, 0.6) is 5.75 Å². The minimum atomic E-state index is -1.43. The lowest BCUT2D eigenvalue weighted by Gasteiger charge is -2.28. The van der Waals surface area contributed by atoms with Gasteiger partial charge in [-0.05, 0) is 36.4 Å². The second-order valence-corrected chi connectivity index (χ2v) is 7.59. The summed E-state index contributed by atoms with van der Waals surface area (Å²) in [7, 11) is 1.44. The van der Waals surface area contributed by atoms with Crippen molar-refractivity contribution in [2.45, 2.75) is 13.8 Å². The SMILES string of the molecule is COc1cccc(N2C(=O)NC(=O)[C@H](/C=N\NC(=O)c3ccc(NC(=O)C(C)C)cc3)C2=O)c1. The maximum atomic E-state index is 12.8. The lowest BCUT2D eigenvalue weighted by atomic mass is 10.1. The van der Waals surface area contributed by atoms with Crippen LogP contribution in [0.4, 0.5) is 16.2 Å². The fourth-order valence-corrected chi connectivity index (χ4v) is 2.94. The van der Waals surface area contributed by atoms with E-state index in [0.29, 0.717) is 11.4 Å². The summed E-state index contributed by atoms with van der Waals surface area (Å²) in [6, 6.07) is 11.4. The van der Waals surface area contributed by atoms with Gasteiger partial charge in [0.1, 0.15) is 5.75 Å². The number of hydrogen-bond acceptors (Lipinski definition) is 7. The molecule has 0 bridgehead atoms. The molecule has 0 radical (unpaired) electrons. The van der Waals surface area contributed by atoms with E-state index >= 15 is 0 Å². The van der Waals surface area contributed by atoms with Crippen LogP contribution in [0.1, 0.15) is 24.2 Å². The number of benzene rings is 2. The molecule has 0 spiro atoms. The van der Waals surface area contributed by atoms with Crippen LogP contribution in [0, 0.1) is 11.8 Å². The highest BCUT2D eigenvalue weighted by atomic mass is 16.5. The highest BCUT2D eigenvalue weighted by molar-refractivity contribution is 6.32. The molecule has 1 aliphatic heterocycles. The fourth-order valence-electron chi connectivity index (χ4n) is 2.94. The number of nitrogens with zero attached hydrogens (tertiary/aromatic N) is 2. The van der Waals surface area contributed by atoms with Crippen molar-refractivity contribution in [3.63, 3.8) is 0 Å². The Labute approximate surface area is 195 Å². The number of hydrogen-bond donors (Lipinski definition) is 3. The van der Waals surface area contributed by atoms with Gasteiger partial charge in [-0.1, -0.05) is 19.9 Å². The summed E-state index contributed by atoms with van der Waals surface area (Å²) in [6.45, 7) is 3.52. The maximum absolute atomic E-state index is 12.8. The van der Waals surface area contributed by atoms with Crippen LogP contribution >= 0.6 is 0 Å². The number of anilines is 2. The van der Waals surface area contributed by atoms with E-state index in [0.717, 1.165) is 11.1 Å². The van der Waals surface area contributed by atoms with E-state index < -0.39 is 29.7 Å². The van der Waals surface area contributed by atoms with E-state index in [1.54, 1.807) is 38.1 Å². The number of carbonyl (C=O) groups excluding carboxylic acids is 5. The lowest BCUT2D eigenvalue weighted by Crippen LogP contribution is -2.58. The monoisotopic (exact) mass is 465 g/mol. The van der Waals surface area contributed by atoms with Gasteiger partial charge in [-0.2, -0.15) is 5.10 Å². The molecule has 11 nitrogen and oxygen atoms in total. The lowest BCUT2D eigenvalue weighted by molar-refractivity contribution is -0.131. The molecule has 3 N–H and O–H groups in total. The van der Waals surface area contributed by atoms with Crippen LogP contribution in [0.15, 0.2) is 53.6 Å². The van der Waals surface area contributed by atoms with Crippen molar-refractivity contribution < 1.29 is 28.7 Å². The van der Waals surface area contributed by atoms with Gasteiger partial charge in [0.25, 0.3) is 11.8 Å². The van der Waals surface area contributed by atoms with Gasteiger partial charge in [-0.25, -0.2) is 15.1 Å². The van der Waals surface area contributed by atoms with Crippen molar-refractivity contribution in [1.82, 2.24) is 10.7 Å². The first-order chi connectivity index (χ1) is 16.2. The number of ether oxygens (including phenoxy) is 1. The van der Waals surface area contributed by atoms with Crippen LogP contribution < -0.4 is 25.7 Å². The van der Waals surface area contributed by atoms with E-state index in [9.17, 15) is 24.0 Å². The third kappa shape index (κ3) is 5.44. The molecule has 11 heteroatoms. The largest absolute Gasteiger partial charge is 0.497 e. The Bertz CT molecular complexity index is 1160. The third-order valence-corrected chi connectivity index (χ3v) is 4.84. The molecule has 0 saturated carbocycles. The van der Waals surface area contributed by atoms with Crippen LogP contribution in [-0.4, -0.2) is 43.0 Å². The number of barbiturate groups is 1. The van der Waals surface area contributed by atoms with E-state index in [1.165, 1.54) is 31.4 Å². The first-order valence-corrected chi connectivity index (χ1v) is 10.3. The van der Waals surface area contributed by atoms with Gasteiger partial charge in [0.2, 0.25) is 11.8 Å². The van der Waals surface area contributed by atoms with Crippen molar-refractivity contribution in [2.24, 2.45) is 16.9 Å². The summed E-state index contributed by atoms with van der Waals surface area (Å²) in [6.07, 6.45) is 0.951. The van der Waals surface area contributed by atoms with Crippen molar-refractivity contribution in [2.75, 3.05) is 17.3 Å². The molecule has 0 aliphatic carbocycles. The molecule has 1 saturated heterocycles. The van der Waals surface area contributed by atoms with Crippen molar-refractivity contribution >= 4 is 47.2 Å².